The summed E-state index contributed by atoms with van der Waals surface area (Å²) in [5.74, 6) is -1.15. The zero-order valence-electron chi connectivity index (χ0n) is 9.47. The van der Waals surface area contributed by atoms with Crippen LogP contribution in [0.5, 0.6) is 0 Å². The molecule has 0 unspecified atom stereocenters. The van der Waals surface area contributed by atoms with Crippen LogP contribution in [0, 0.1) is 0 Å². The van der Waals surface area contributed by atoms with Gasteiger partial charge in [0, 0.05) is 18.2 Å². The Kier molecular flexibility index (Phi) is 4.61. The summed E-state index contributed by atoms with van der Waals surface area (Å²) in [5, 5.41) is 9.12. The highest BCUT2D eigenvalue weighted by Crippen LogP contribution is 2.21. The van der Waals surface area contributed by atoms with Gasteiger partial charge >= 0.3 is 5.97 Å². The minimum Gasteiger partial charge on any atom is -0.481 e. The van der Waals surface area contributed by atoms with Crippen molar-refractivity contribution >= 4 is 27.1 Å². The van der Waals surface area contributed by atoms with Gasteiger partial charge in [0.25, 0.3) is 0 Å². The van der Waals surface area contributed by atoms with Gasteiger partial charge in [-0.3, -0.25) is 4.79 Å². The maximum absolute atomic E-state index is 11.1. The van der Waals surface area contributed by atoms with Crippen molar-refractivity contribution in [1.82, 2.24) is 4.98 Å². The van der Waals surface area contributed by atoms with Crippen molar-refractivity contribution in [3.05, 3.63) is 15.6 Å². The number of nitrogens with zero attached hydrogens (tertiary/aromatic N) is 1. The number of thiazole rings is 1. The van der Waals surface area contributed by atoms with E-state index in [1.54, 1.807) is 0 Å². The molecule has 1 aromatic heterocycles. The zero-order valence-corrected chi connectivity index (χ0v) is 11.1. The Labute approximate surface area is 103 Å². The van der Waals surface area contributed by atoms with Gasteiger partial charge in [0.15, 0.2) is 9.84 Å². The number of hydrogen-bond donors (Lipinski definition) is 1. The predicted molar refractivity (Wildman–Crippen MR) is 62.7 cm³/mol. The molecule has 0 saturated heterocycles. The zero-order chi connectivity index (χ0) is 13.1. The highest BCUT2D eigenvalue weighted by molar-refractivity contribution is 7.90. The summed E-state index contributed by atoms with van der Waals surface area (Å²) in [6, 6.07) is 0. The van der Waals surface area contributed by atoms with Crippen LogP contribution in [0.3, 0.4) is 0 Å². The molecular formula is C9H13NO5S2. The first-order valence-corrected chi connectivity index (χ1v) is 7.55. The molecule has 0 radical (unpaired) electrons. The smallest absolute Gasteiger partial charge is 0.308 e. The predicted octanol–water partition coefficient (Wildman–Crippen LogP) is 0.461. The standard InChI is InChI=1S/C9H13NO5S2/c1-15-4-6-7(3-9(11)12)16-8(10-6)5-17(2,13)14/h3-5H2,1-2H3,(H,11,12). The van der Waals surface area contributed by atoms with Crippen LogP contribution in [0.1, 0.15) is 15.6 Å². The van der Waals surface area contributed by atoms with Crippen molar-refractivity contribution in [2.75, 3.05) is 13.4 Å². The molecule has 1 N–H and O–H groups in total. The Hall–Kier alpha value is -0.990. The topological polar surface area (TPSA) is 93.6 Å². The molecule has 0 saturated carbocycles. The van der Waals surface area contributed by atoms with Crippen LogP contribution in [0.25, 0.3) is 0 Å². The summed E-state index contributed by atoms with van der Waals surface area (Å²) in [6.07, 6.45) is 0.946. The molecule has 1 heterocycles. The van der Waals surface area contributed by atoms with E-state index in [1.807, 2.05) is 0 Å². The molecule has 17 heavy (non-hydrogen) atoms. The van der Waals surface area contributed by atoms with Crippen LogP contribution in [-0.4, -0.2) is 37.8 Å². The van der Waals surface area contributed by atoms with Crippen LogP contribution >= 0.6 is 11.3 Å². The van der Waals surface area contributed by atoms with E-state index in [-0.39, 0.29) is 18.8 Å². The van der Waals surface area contributed by atoms with E-state index < -0.39 is 15.8 Å². The summed E-state index contributed by atoms with van der Waals surface area (Å²) in [4.78, 5) is 15.3. The lowest BCUT2D eigenvalue weighted by Gasteiger charge is -1.96. The van der Waals surface area contributed by atoms with Gasteiger partial charge in [-0.1, -0.05) is 0 Å². The van der Waals surface area contributed by atoms with Crippen LogP contribution in [0.2, 0.25) is 0 Å². The largest absolute Gasteiger partial charge is 0.481 e. The number of methoxy groups -OCH3 is 1. The highest BCUT2D eigenvalue weighted by Gasteiger charge is 2.16. The molecule has 6 nitrogen and oxygen atoms in total. The molecule has 0 fully saturated rings. The van der Waals surface area contributed by atoms with Crippen molar-refractivity contribution < 1.29 is 23.1 Å². The Balaban J connectivity index is 2.98. The average Bonchev–Trinajstić information content (AvgIpc) is 2.44. The van der Waals surface area contributed by atoms with Crippen LogP contribution in [0.15, 0.2) is 0 Å². The Morgan fingerprint density at radius 3 is 2.65 bits per heavy atom. The lowest BCUT2D eigenvalue weighted by Crippen LogP contribution is -2.02. The van der Waals surface area contributed by atoms with Gasteiger partial charge in [-0.2, -0.15) is 0 Å². The molecule has 0 aliphatic carbocycles. The van der Waals surface area contributed by atoms with Crippen molar-refractivity contribution in [2.45, 2.75) is 18.8 Å². The van der Waals surface area contributed by atoms with Crippen molar-refractivity contribution in [1.29, 1.82) is 0 Å². The fraction of sp³-hybridized carbons (Fsp3) is 0.556. The van der Waals surface area contributed by atoms with Gasteiger partial charge in [0.2, 0.25) is 0 Å². The number of aliphatic carboxylic acids is 1. The molecule has 0 aliphatic rings. The second-order valence-corrected chi connectivity index (χ2v) is 6.86. The molecule has 96 valence electrons. The summed E-state index contributed by atoms with van der Waals surface area (Å²) >= 11 is 1.10. The lowest BCUT2D eigenvalue weighted by molar-refractivity contribution is -0.136. The summed E-state index contributed by atoms with van der Waals surface area (Å²) in [5.41, 5.74) is 0.499. The van der Waals surface area contributed by atoms with E-state index in [1.165, 1.54) is 7.11 Å². The van der Waals surface area contributed by atoms with Crippen LogP contribution < -0.4 is 0 Å². The maximum atomic E-state index is 11.1. The first-order valence-electron chi connectivity index (χ1n) is 4.67. The molecule has 0 amide bonds. The van der Waals surface area contributed by atoms with Gasteiger partial charge in [0.05, 0.1) is 18.7 Å². The van der Waals surface area contributed by atoms with E-state index in [0.717, 1.165) is 17.6 Å². The second kappa shape index (κ2) is 5.56. The number of hydrogen-bond acceptors (Lipinski definition) is 6. The molecule has 0 aromatic carbocycles. The number of carboxylic acids is 1. The minimum absolute atomic E-state index is 0.167. The van der Waals surface area contributed by atoms with Crippen molar-refractivity contribution in [3.8, 4) is 0 Å². The molecule has 1 rings (SSSR count). The lowest BCUT2D eigenvalue weighted by atomic mass is 10.3. The third kappa shape index (κ3) is 4.80. The van der Waals surface area contributed by atoms with Crippen LogP contribution in [-0.2, 0) is 38.1 Å². The molecule has 8 heteroatoms. The minimum atomic E-state index is -3.16. The molecule has 0 spiro atoms. The number of sulfone groups is 1. The highest BCUT2D eigenvalue weighted by atomic mass is 32.2. The number of aromatic nitrogens is 1. The summed E-state index contributed by atoms with van der Waals surface area (Å²) in [6.45, 7) is 0.183. The van der Waals surface area contributed by atoms with Gasteiger partial charge in [0.1, 0.15) is 10.8 Å². The van der Waals surface area contributed by atoms with Gasteiger partial charge in [-0.25, -0.2) is 13.4 Å². The molecule has 0 bridgehead atoms. The third-order valence-corrected chi connectivity index (χ3v) is 3.88. The molecule has 1 aromatic rings. The first-order chi connectivity index (χ1) is 7.81. The summed E-state index contributed by atoms with van der Waals surface area (Å²) < 4.78 is 27.1. The van der Waals surface area contributed by atoms with Gasteiger partial charge in [-0.15, -0.1) is 11.3 Å². The fourth-order valence-corrected chi connectivity index (χ4v) is 3.50. The van der Waals surface area contributed by atoms with Gasteiger partial charge < -0.3 is 9.84 Å². The number of carboxylic acid groups (broad SMARTS) is 1. The second-order valence-electron chi connectivity index (χ2n) is 3.55. The average molecular weight is 279 g/mol. The molecule has 0 aliphatic heterocycles. The van der Waals surface area contributed by atoms with Gasteiger partial charge in [-0.05, 0) is 0 Å². The normalized spacial score (nSPS) is 11.6. The SMILES string of the molecule is COCc1nc(CS(C)(=O)=O)sc1CC(=O)O. The Bertz CT molecular complexity index is 505. The number of rotatable bonds is 6. The van der Waals surface area contributed by atoms with Crippen LogP contribution in [0.4, 0.5) is 0 Å². The Morgan fingerprint density at radius 1 is 1.53 bits per heavy atom. The fourth-order valence-electron chi connectivity index (χ4n) is 1.25. The molecular weight excluding hydrogens is 266 g/mol. The number of carbonyl (C=O) groups is 1. The third-order valence-electron chi connectivity index (χ3n) is 1.80. The maximum Gasteiger partial charge on any atom is 0.308 e. The van der Waals surface area contributed by atoms with E-state index in [4.69, 9.17) is 9.84 Å². The quantitative estimate of drug-likeness (QED) is 0.813. The van der Waals surface area contributed by atoms with E-state index in [2.05, 4.69) is 4.98 Å². The van der Waals surface area contributed by atoms with E-state index in [9.17, 15) is 13.2 Å². The number of ether oxygens (including phenoxy) is 1. The molecule has 0 atom stereocenters. The Morgan fingerprint density at radius 2 is 2.18 bits per heavy atom. The van der Waals surface area contributed by atoms with E-state index in [0.29, 0.717) is 15.6 Å². The van der Waals surface area contributed by atoms with Crippen molar-refractivity contribution in [2.24, 2.45) is 0 Å². The summed E-state index contributed by atoms with van der Waals surface area (Å²) in [7, 11) is -1.69. The first kappa shape index (κ1) is 14.1. The van der Waals surface area contributed by atoms with Crippen molar-refractivity contribution in [3.63, 3.8) is 0 Å². The monoisotopic (exact) mass is 279 g/mol. The van der Waals surface area contributed by atoms with E-state index >= 15 is 0 Å².